The summed E-state index contributed by atoms with van der Waals surface area (Å²) in [5.74, 6) is 0.994. The first kappa shape index (κ1) is 45.5. The van der Waals surface area contributed by atoms with Crippen LogP contribution in [0.3, 0.4) is 0 Å². The van der Waals surface area contributed by atoms with Crippen LogP contribution in [0.5, 0.6) is 5.75 Å². The first-order valence-electron chi connectivity index (χ1n) is 21.2. The van der Waals surface area contributed by atoms with Crippen molar-refractivity contribution in [2.24, 2.45) is 0 Å². The molecular weight excluding hydrogens is 767 g/mol. The van der Waals surface area contributed by atoms with Crippen LogP contribution < -0.4 is 28.9 Å². The highest BCUT2D eigenvalue weighted by molar-refractivity contribution is 5.86. The lowest BCUT2D eigenvalue weighted by atomic mass is 9.75. The molecule has 11 rings (SSSR count). The molecule has 2 spiro atoms. The van der Waals surface area contributed by atoms with E-state index in [1.54, 1.807) is 0 Å². The zero-order valence-corrected chi connectivity index (χ0v) is 36.1. The van der Waals surface area contributed by atoms with Gasteiger partial charge < -0.3 is 43.9 Å². The Morgan fingerprint density at radius 3 is 1.42 bits per heavy atom. The maximum absolute atomic E-state index is 5.48. The lowest BCUT2D eigenvalue weighted by Gasteiger charge is -2.62. The second-order valence-corrected chi connectivity index (χ2v) is 17.1. The Hall–Kier alpha value is -6.03. The van der Waals surface area contributed by atoms with Gasteiger partial charge in [-0.05, 0) is 98.9 Å². The first-order chi connectivity index (χ1) is 28.6. The Labute approximate surface area is 373 Å². The smallest absolute Gasteiger partial charge is 0.293 e. The summed E-state index contributed by atoms with van der Waals surface area (Å²) in [6.45, 7) is 2.79. The van der Waals surface area contributed by atoms with Gasteiger partial charge in [0.05, 0.1) is 39.5 Å². The fourth-order valence-electron chi connectivity index (χ4n) is 10.7. The number of benzene rings is 3. The second kappa shape index (κ2) is 17.8. The molecule has 3 aromatic carbocycles. The lowest BCUT2D eigenvalue weighted by Crippen LogP contribution is -2.79. The molecular formula is C52H72N9O+. The average molecular weight is 839 g/mol. The summed E-state index contributed by atoms with van der Waals surface area (Å²) >= 11 is 0. The number of hydrogen-bond acceptors (Lipinski definition) is 9. The van der Waals surface area contributed by atoms with Crippen LogP contribution in [0.2, 0.25) is 0 Å². The third-order valence-corrected chi connectivity index (χ3v) is 13.7. The highest BCUT2D eigenvalue weighted by atomic mass is 16.5. The number of hydrogen-bond donors (Lipinski definition) is 0. The van der Waals surface area contributed by atoms with Crippen molar-refractivity contribution < 1.29 is 9.30 Å². The molecule has 0 radical (unpaired) electrons. The van der Waals surface area contributed by atoms with Gasteiger partial charge in [-0.1, -0.05) is 52.6 Å². The predicted molar refractivity (Wildman–Crippen MR) is 262 cm³/mol. The van der Waals surface area contributed by atoms with Crippen molar-refractivity contribution in [1.29, 1.82) is 0 Å². The molecule has 330 valence electrons. The maximum Gasteiger partial charge on any atom is 0.293 e. The van der Waals surface area contributed by atoms with Gasteiger partial charge in [0.1, 0.15) is 0 Å². The van der Waals surface area contributed by atoms with Gasteiger partial charge in [0.2, 0.25) is 0 Å². The number of allylic oxidation sites excluding steroid dienone is 4. The number of anilines is 4. The minimum absolute atomic E-state index is 0. The van der Waals surface area contributed by atoms with Crippen LogP contribution in [0.1, 0.15) is 54.4 Å². The minimum Gasteiger partial charge on any atom is -0.429 e. The molecule has 1 saturated carbocycles. The van der Waals surface area contributed by atoms with Crippen LogP contribution in [0.25, 0.3) is 10.9 Å². The zero-order valence-electron chi connectivity index (χ0n) is 36.1. The average Bonchev–Trinajstić information content (AvgIpc) is 3.79. The summed E-state index contributed by atoms with van der Waals surface area (Å²) in [7, 11) is 17.5. The zero-order chi connectivity index (χ0) is 41.1. The molecule has 4 aromatic rings. The number of pyridine rings is 1. The molecule has 0 saturated heterocycles. The number of aromatic nitrogens is 1. The maximum atomic E-state index is 5.48. The monoisotopic (exact) mass is 839 g/mol. The van der Waals surface area contributed by atoms with Crippen LogP contribution >= 0.6 is 0 Å². The van der Waals surface area contributed by atoms with Crippen LogP contribution in [0, 0.1) is 0 Å². The molecule has 1 aromatic heterocycles. The first-order valence-corrected chi connectivity index (χ1v) is 21.2. The summed E-state index contributed by atoms with van der Waals surface area (Å²) in [6.07, 6.45) is 21.4. The fourth-order valence-corrected chi connectivity index (χ4v) is 10.7. The third-order valence-electron chi connectivity index (χ3n) is 13.7. The number of fused-ring (bicyclic) bond motifs is 5. The standard InChI is InChI=1S/C22H28N4.C17H24N4.C10H8NO.3CH4/c1-23-17-11-5-6-12-18(17)24(2)21(23)15-9-10-16-22(21)25(3)19-13-7-8-14-20(19)26(22)4;1-18(2)14-6-10-20-8-5-9-21-11-7-15(19(3)4)13-17(21)16(20)12-14;1-3-8-4-2-6-11-7-12-9(5-1)10(8)11;;;/h5-8,11-14H,9-10,15-16H2,1-4H3;6-7,10-13H,5,8-9H2,1-4H3;1-6H,7H2;3*1H4/q;;+1;;;. The quantitative estimate of drug-likeness (QED) is 0.184. The van der Waals surface area contributed by atoms with Crippen LogP contribution in [-0.2, 0) is 6.73 Å². The van der Waals surface area contributed by atoms with E-state index in [4.69, 9.17) is 4.74 Å². The summed E-state index contributed by atoms with van der Waals surface area (Å²) < 4.78 is 7.59. The van der Waals surface area contributed by atoms with E-state index < -0.39 is 0 Å². The van der Waals surface area contributed by atoms with Crippen LogP contribution in [0.15, 0.2) is 145 Å². The Bertz CT molecular complexity index is 2190. The van der Waals surface area contributed by atoms with Gasteiger partial charge in [-0.2, -0.15) is 4.57 Å². The van der Waals surface area contributed by atoms with Crippen molar-refractivity contribution in [2.75, 3.05) is 89.1 Å². The molecule has 62 heavy (non-hydrogen) atoms. The van der Waals surface area contributed by atoms with Crippen LogP contribution in [-0.4, -0.2) is 100 Å². The molecule has 0 N–H and O–H groups in total. The molecule has 7 aliphatic rings. The molecule has 1 fully saturated rings. The second-order valence-electron chi connectivity index (χ2n) is 17.1. The SMILES string of the molecule is C.C.C.CN(C)C1=CC2=C3C=C(N(C)C)C=CN3CCCN2C=C1.CN1c2ccccc2N(C)C12CCCCC21N(C)c2ccccc2N1C.c1cc2c3c(c1)ccc[n+]3CO2. The summed E-state index contributed by atoms with van der Waals surface area (Å²) in [5, 5.41) is 1.24. The van der Waals surface area contributed by atoms with Crippen LogP contribution in [0.4, 0.5) is 22.7 Å². The van der Waals surface area contributed by atoms with Gasteiger partial charge in [-0.25, -0.2) is 0 Å². The molecule has 7 heterocycles. The minimum atomic E-state index is -0.0859. The molecule has 0 amide bonds. The summed E-state index contributed by atoms with van der Waals surface area (Å²) in [4.78, 5) is 19.3. The van der Waals surface area contributed by atoms with E-state index in [0.717, 1.165) is 38.1 Å². The number of nitrogens with zero attached hydrogens (tertiary/aromatic N) is 9. The van der Waals surface area contributed by atoms with Crippen molar-refractivity contribution in [3.05, 3.63) is 145 Å². The number of likely N-dealkylation sites (N-methyl/N-ethyl adjacent to an activating group) is 6. The predicted octanol–water partition coefficient (Wildman–Crippen LogP) is 9.66. The molecule has 0 unspecified atom stereocenters. The van der Waals surface area contributed by atoms with E-state index in [-0.39, 0.29) is 33.6 Å². The van der Waals surface area contributed by atoms with Gasteiger partial charge in [-0.3, -0.25) is 0 Å². The molecule has 10 nitrogen and oxygen atoms in total. The normalized spacial score (nSPS) is 18.9. The largest absolute Gasteiger partial charge is 0.429 e. The molecule has 0 atom stereocenters. The van der Waals surface area contributed by atoms with E-state index in [2.05, 4.69) is 198 Å². The summed E-state index contributed by atoms with van der Waals surface area (Å²) in [5.41, 5.74) is 11.5. The van der Waals surface area contributed by atoms with Gasteiger partial charge >= 0.3 is 0 Å². The fraction of sp³-hybridized carbons (Fsp3) is 0.404. The van der Waals surface area contributed by atoms with Crippen molar-refractivity contribution in [2.45, 2.75) is 72.4 Å². The topological polar surface area (TPSA) is 39.0 Å². The third kappa shape index (κ3) is 7.01. The molecule has 0 bridgehead atoms. The summed E-state index contributed by atoms with van der Waals surface area (Å²) in [6, 6.07) is 28.0. The number of ether oxygens (including phenoxy) is 1. The molecule has 1 aliphatic carbocycles. The van der Waals surface area contributed by atoms with Gasteiger partial charge in [0, 0.05) is 99.3 Å². The Morgan fingerprint density at radius 2 is 0.984 bits per heavy atom. The highest BCUT2D eigenvalue weighted by Gasteiger charge is 2.67. The van der Waals surface area contributed by atoms with E-state index >= 15 is 0 Å². The highest BCUT2D eigenvalue weighted by Crippen LogP contribution is 2.60. The molecule has 10 heteroatoms. The van der Waals surface area contributed by atoms with Crippen molar-refractivity contribution in [3.63, 3.8) is 0 Å². The van der Waals surface area contributed by atoms with Gasteiger partial charge in [0.15, 0.2) is 23.3 Å². The number of rotatable bonds is 2. The van der Waals surface area contributed by atoms with Gasteiger partial charge in [-0.15, -0.1) is 0 Å². The van der Waals surface area contributed by atoms with Gasteiger partial charge in [0.25, 0.3) is 12.2 Å². The Balaban J connectivity index is 0.000000160. The van der Waals surface area contributed by atoms with Crippen molar-refractivity contribution >= 4 is 33.7 Å². The van der Waals surface area contributed by atoms with E-state index in [1.807, 2.05) is 24.4 Å². The van der Waals surface area contributed by atoms with Crippen molar-refractivity contribution in [1.82, 2.24) is 19.6 Å². The van der Waals surface area contributed by atoms with E-state index in [9.17, 15) is 0 Å². The van der Waals surface area contributed by atoms with Crippen molar-refractivity contribution in [3.8, 4) is 5.75 Å². The number of para-hydroxylation sites is 5. The Kier molecular flexibility index (Phi) is 13.0. The molecule has 6 aliphatic heterocycles. The van der Waals surface area contributed by atoms with E-state index in [0.29, 0.717) is 6.73 Å². The lowest BCUT2D eigenvalue weighted by molar-refractivity contribution is -0.688. The van der Waals surface area contributed by atoms with E-state index in [1.165, 1.54) is 69.3 Å². The Morgan fingerprint density at radius 1 is 0.548 bits per heavy atom.